The lowest BCUT2D eigenvalue weighted by Crippen LogP contribution is -1.97. The van der Waals surface area contributed by atoms with Gasteiger partial charge in [0.25, 0.3) is 0 Å². The highest BCUT2D eigenvalue weighted by Gasteiger charge is 2.00. The summed E-state index contributed by atoms with van der Waals surface area (Å²) >= 11 is 0. The molecule has 138 valence electrons. The fourth-order valence-electron chi connectivity index (χ4n) is 2.53. The third-order valence-corrected chi connectivity index (χ3v) is 4.03. The number of hydrogen-bond acceptors (Lipinski definition) is 3. The highest BCUT2D eigenvalue weighted by atomic mass is 16.5. The first-order chi connectivity index (χ1) is 12.5. The molecule has 3 heteroatoms. The summed E-state index contributed by atoms with van der Waals surface area (Å²) in [6.45, 7) is 6.90. The molecule has 0 unspecified atom stereocenters. The number of rotatable bonds is 9. The van der Waals surface area contributed by atoms with Gasteiger partial charge in [0, 0.05) is 17.5 Å². The molecule has 1 heterocycles. The van der Waals surface area contributed by atoms with E-state index in [-0.39, 0.29) is 5.63 Å². The molecule has 0 spiro atoms. The summed E-state index contributed by atoms with van der Waals surface area (Å²) < 4.78 is 10.9. The van der Waals surface area contributed by atoms with Gasteiger partial charge in [0.05, 0.1) is 0 Å². The Bertz CT molecular complexity index is 849. The molecule has 2 aromatic rings. The van der Waals surface area contributed by atoms with Crippen molar-refractivity contribution in [2.24, 2.45) is 0 Å². The standard InChI is InChI=1S/C23H28O3/c1-18(2)9-7-5-4-6-8-10-19(3)15-16-25-21-13-11-20-12-14-23(24)26-22(20)17-21/h4,6,9,11-15,17H,5,7-8,10,16H2,1-3H3. The molecule has 0 radical (unpaired) electrons. The molecule has 1 aromatic carbocycles. The minimum atomic E-state index is -0.348. The number of hydrogen-bond donors (Lipinski definition) is 0. The quantitative estimate of drug-likeness (QED) is 0.306. The van der Waals surface area contributed by atoms with Gasteiger partial charge in [0.2, 0.25) is 0 Å². The number of allylic oxidation sites excluding steroid dienone is 5. The maximum Gasteiger partial charge on any atom is 0.336 e. The molecule has 0 saturated heterocycles. The molecule has 0 aliphatic rings. The van der Waals surface area contributed by atoms with Crippen LogP contribution in [-0.2, 0) is 0 Å². The van der Waals surface area contributed by atoms with Crippen molar-refractivity contribution < 1.29 is 9.15 Å². The topological polar surface area (TPSA) is 39.4 Å². The average Bonchev–Trinajstić information content (AvgIpc) is 2.60. The van der Waals surface area contributed by atoms with Gasteiger partial charge in [-0.25, -0.2) is 4.79 Å². The van der Waals surface area contributed by atoms with Gasteiger partial charge in [-0.1, -0.05) is 29.4 Å². The van der Waals surface area contributed by atoms with E-state index < -0.39 is 0 Å². The summed E-state index contributed by atoms with van der Waals surface area (Å²) in [4.78, 5) is 11.3. The van der Waals surface area contributed by atoms with Crippen molar-refractivity contribution in [3.63, 3.8) is 0 Å². The average molecular weight is 352 g/mol. The summed E-state index contributed by atoms with van der Waals surface area (Å²) in [7, 11) is 0. The van der Waals surface area contributed by atoms with Gasteiger partial charge in [-0.15, -0.1) is 0 Å². The smallest absolute Gasteiger partial charge is 0.336 e. The molecule has 3 nitrogen and oxygen atoms in total. The Hall–Kier alpha value is -2.55. The SMILES string of the molecule is CC(C)=CCCC=CCCC(C)=CCOc1ccc2ccc(=O)oc2c1. The first kappa shape index (κ1) is 19.8. The van der Waals surface area contributed by atoms with Gasteiger partial charge in [-0.05, 0) is 70.7 Å². The van der Waals surface area contributed by atoms with E-state index in [0.29, 0.717) is 17.9 Å². The second kappa shape index (κ2) is 10.4. The molecule has 0 bridgehead atoms. The Morgan fingerprint density at radius 2 is 1.77 bits per heavy atom. The minimum Gasteiger partial charge on any atom is -0.489 e. The third kappa shape index (κ3) is 7.14. The number of fused-ring (bicyclic) bond motifs is 1. The number of unbranched alkanes of at least 4 members (excludes halogenated alkanes) is 1. The van der Waals surface area contributed by atoms with Crippen LogP contribution in [0.1, 0.15) is 46.5 Å². The summed E-state index contributed by atoms with van der Waals surface area (Å²) in [5, 5.41) is 0.889. The molecule has 0 saturated carbocycles. The normalized spacial score (nSPS) is 11.9. The predicted octanol–water partition coefficient (Wildman–Crippen LogP) is 6.20. The zero-order valence-corrected chi connectivity index (χ0v) is 16.0. The zero-order valence-electron chi connectivity index (χ0n) is 16.0. The summed E-state index contributed by atoms with van der Waals surface area (Å²) in [5.74, 6) is 0.704. The van der Waals surface area contributed by atoms with E-state index in [1.54, 1.807) is 12.1 Å². The van der Waals surface area contributed by atoms with Crippen molar-refractivity contribution >= 4 is 11.0 Å². The van der Waals surface area contributed by atoms with E-state index in [1.165, 1.54) is 17.2 Å². The van der Waals surface area contributed by atoms with Crippen molar-refractivity contribution in [3.05, 3.63) is 76.2 Å². The van der Waals surface area contributed by atoms with E-state index in [4.69, 9.17) is 9.15 Å². The van der Waals surface area contributed by atoms with Crippen LogP contribution in [-0.4, -0.2) is 6.61 Å². The van der Waals surface area contributed by atoms with Crippen LogP contribution in [0.4, 0.5) is 0 Å². The molecule has 0 aliphatic heterocycles. The summed E-state index contributed by atoms with van der Waals surface area (Å²) in [6, 6.07) is 8.72. The molecule has 0 N–H and O–H groups in total. The van der Waals surface area contributed by atoms with E-state index >= 15 is 0 Å². The van der Waals surface area contributed by atoms with Gasteiger partial charge in [-0.3, -0.25) is 0 Å². The number of ether oxygens (including phenoxy) is 1. The summed E-state index contributed by atoms with van der Waals surface area (Å²) in [5.41, 5.74) is 2.89. The molecule has 0 atom stereocenters. The summed E-state index contributed by atoms with van der Waals surface area (Å²) in [6.07, 6.45) is 13.2. The van der Waals surface area contributed by atoms with E-state index in [2.05, 4.69) is 45.1 Å². The molecule has 26 heavy (non-hydrogen) atoms. The Morgan fingerprint density at radius 3 is 2.58 bits per heavy atom. The minimum absolute atomic E-state index is 0.348. The molecule has 0 amide bonds. The lowest BCUT2D eigenvalue weighted by molar-refractivity contribution is 0.361. The largest absolute Gasteiger partial charge is 0.489 e. The van der Waals surface area contributed by atoms with Crippen LogP contribution in [0.5, 0.6) is 5.75 Å². The Balaban J connectivity index is 1.74. The van der Waals surface area contributed by atoms with E-state index in [1.807, 2.05) is 12.1 Å². The van der Waals surface area contributed by atoms with Gasteiger partial charge in [0.15, 0.2) is 0 Å². The van der Waals surface area contributed by atoms with E-state index in [0.717, 1.165) is 31.1 Å². The maximum atomic E-state index is 11.3. The highest BCUT2D eigenvalue weighted by Crippen LogP contribution is 2.19. The van der Waals surface area contributed by atoms with Gasteiger partial charge in [0.1, 0.15) is 17.9 Å². The van der Waals surface area contributed by atoms with Crippen molar-refractivity contribution in [2.75, 3.05) is 6.61 Å². The number of benzene rings is 1. The molecular formula is C23H28O3. The van der Waals surface area contributed by atoms with E-state index in [9.17, 15) is 4.79 Å². The Kier molecular flexibility index (Phi) is 7.94. The van der Waals surface area contributed by atoms with Gasteiger partial charge >= 0.3 is 5.63 Å². The van der Waals surface area contributed by atoms with Crippen molar-refractivity contribution in [3.8, 4) is 5.75 Å². The fourth-order valence-corrected chi connectivity index (χ4v) is 2.53. The Morgan fingerprint density at radius 1 is 1.00 bits per heavy atom. The molecule has 0 aliphatic carbocycles. The zero-order chi connectivity index (χ0) is 18.8. The van der Waals surface area contributed by atoms with Crippen LogP contribution in [0.25, 0.3) is 11.0 Å². The van der Waals surface area contributed by atoms with Crippen LogP contribution in [0.3, 0.4) is 0 Å². The highest BCUT2D eigenvalue weighted by molar-refractivity contribution is 5.77. The third-order valence-electron chi connectivity index (χ3n) is 4.03. The van der Waals surface area contributed by atoms with Crippen LogP contribution < -0.4 is 10.4 Å². The molecule has 1 aromatic heterocycles. The Labute approximate surface area is 155 Å². The monoisotopic (exact) mass is 352 g/mol. The van der Waals surface area contributed by atoms with Crippen LogP contribution in [0, 0.1) is 0 Å². The molecule has 2 rings (SSSR count). The molecular weight excluding hydrogens is 324 g/mol. The molecule has 0 fully saturated rings. The lowest BCUT2D eigenvalue weighted by atomic mass is 10.1. The van der Waals surface area contributed by atoms with Crippen molar-refractivity contribution in [1.82, 2.24) is 0 Å². The second-order valence-electron chi connectivity index (χ2n) is 6.68. The van der Waals surface area contributed by atoms with Crippen LogP contribution in [0.15, 0.2) is 75.0 Å². The van der Waals surface area contributed by atoms with Gasteiger partial charge < -0.3 is 9.15 Å². The van der Waals surface area contributed by atoms with Crippen LogP contribution >= 0.6 is 0 Å². The van der Waals surface area contributed by atoms with Crippen LogP contribution in [0.2, 0.25) is 0 Å². The maximum absolute atomic E-state index is 11.3. The van der Waals surface area contributed by atoms with Crippen molar-refractivity contribution in [1.29, 1.82) is 0 Å². The first-order valence-corrected chi connectivity index (χ1v) is 9.15. The lowest BCUT2D eigenvalue weighted by Gasteiger charge is -2.05. The second-order valence-corrected chi connectivity index (χ2v) is 6.68. The fraction of sp³-hybridized carbons (Fsp3) is 0.348. The van der Waals surface area contributed by atoms with Gasteiger partial charge in [-0.2, -0.15) is 0 Å². The first-order valence-electron chi connectivity index (χ1n) is 9.15. The predicted molar refractivity (Wildman–Crippen MR) is 109 cm³/mol. The van der Waals surface area contributed by atoms with Crippen molar-refractivity contribution in [2.45, 2.75) is 46.5 Å².